The minimum Gasteiger partial charge on any atom is -0.493 e. The molecule has 22 heavy (non-hydrogen) atoms. The third-order valence-corrected chi connectivity index (χ3v) is 3.21. The summed E-state index contributed by atoms with van der Waals surface area (Å²) in [5.74, 6) is 0.0221. The van der Waals surface area contributed by atoms with Crippen LogP contribution >= 0.6 is 0 Å². The second-order valence-electron chi connectivity index (χ2n) is 5.12. The number of hydrogen-bond acceptors (Lipinski definition) is 7. The van der Waals surface area contributed by atoms with Crippen LogP contribution in [0.25, 0.3) is 0 Å². The number of aromatic nitrogens is 3. The van der Waals surface area contributed by atoms with Crippen LogP contribution in [0.5, 0.6) is 5.88 Å². The van der Waals surface area contributed by atoms with Gasteiger partial charge in [0.1, 0.15) is 5.76 Å². The second-order valence-corrected chi connectivity index (χ2v) is 5.12. The van der Waals surface area contributed by atoms with E-state index in [1.54, 1.807) is 27.7 Å². The van der Waals surface area contributed by atoms with E-state index < -0.39 is 17.1 Å². The van der Waals surface area contributed by atoms with Gasteiger partial charge in [0.25, 0.3) is 5.56 Å². The van der Waals surface area contributed by atoms with Crippen molar-refractivity contribution in [3.8, 4) is 5.88 Å². The maximum absolute atomic E-state index is 12.3. The van der Waals surface area contributed by atoms with Crippen molar-refractivity contribution in [3.63, 3.8) is 0 Å². The van der Waals surface area contributed by atoms with Gasteiger partial charge in [0.05, 0.1) is 5.69 Å². The predicted octanol–water partition coefficient (Wildman–Crippen LogP) is 1.85. The van der Waals surface area contributed by atoms with E-state index in [0.29, 0.717) is 11.5 Å². The number of nitrogens with zero attached hydrogens (tertiary/aromatic N) is 5. The van der Waals surface area contributed by atoms with Crippen LogP contribution in [0.15, 0.2) is 24.2 Å². The summed E-state index contributed by atoms with van der Waals surface area (Å²) >= 11 is 0. The molecule has 0 bridgehead atoms. The van der Waals surface area contributed by atoms with Crippen molar-refractivity contribution in [1.82, 2.24) is 14.1 Å². The number of oxazole rings is 1. The van der Waals surface area contributed by atoms with Gasteiger partial charge in [0.15, 0.2) is 0 Å². The number of azo groups is 1. The van der Waals surface area contributed by atoms with Crippen molar-refractivity contribution < 1.29 is 9.52 Å². The summed E-state index contributed by atoms with van der Waals surface area (Å²) in [5.41, 5.74) is -1.04. The molecule has 0 unspecified atom stereocenters. The van der Waals surface area contributed by atoms with Crippen molar-refractivity contribution >= 4 is 11.7 Å². The average molecular weight is 307 g/mol. The van der Waals surface area contributed by atoms with Crippen LogP contribution in [0.4, 0.5) is 11.7 Å². The summed E-state index contributed by atoms with van der Waals surface area (Å²) in [7, 11) is 1.34. The van der Waals surface area contributed by atoms with Crippen molar-refractivity contribution in [2.45, 2.75) is 33.7 Å². The second kappa shape index (κ2) is 5.58. The van der Waals surface area contributed by atoms with Gasteiger partial charge in [-0.05, 0) is 27.7 Å². The SMILES string of the molecule is Cc1nc(N=Nc2c(O)n(C)c(=O)n(C(C)C)c2=O)oc1C. The summed E-state index contributed by atoms with van der Waals surface area (Å²) in [4.78, 5) is 28.3. The third kappa shape index (κ3) is 2.57. The summed E-state index contributed by atoms with van der Waals surface area (Å²) in [5, 5.41) is 17.4. The van der Waals surface area contributed by atoms with E-state index in [1.165, 1.54) is 7.05 Å². The van der Waals surface area contributed by atoms with E-state index in [2.05, 4.69) is 15.2 Å². The Hall–Kier alpha value is -2.71. The molecule has 0 aliphatic heterocycles. The first-order valence-corrected chi connectivity index (χ1v) is 6.64. The van der Waals surface area contributed by atoms with E-state index >= 15 is 0 Å². The van der Waals surface area contributed by atoms with Gasteiger partial charge in [0, 0.05) is 13.1 Å². The van der Waals surface area contributed by atoms with Crippen molar-refractivity contribution in [2.24, 2.45) is 17.3 Å². The standard InChI is InChI=1S/C13H17N5O4/c1-6(2)18-11(20)9(10(19)17(5)13(18)21)15-16-12-14-7(3)8(4)22-12/h6,19H,1-5H3. The lowest BCUT2D eigenvalue weighted by Crippen LogP contribution is -2.39. The maximum atomic E-state index is 12.3. The molecule has 0 aromatic carbocycles. The Kier molecular flexibility index (Phi) is 3.98. The van der Waals surface area contributed by atoms with E-state index in [1.807, 2.05) is 0 Å². The average Bonchev–Trinajstić information content (AvgIpc) is 2.75. The first kappa shape index (κ1) is 15.7. The van der Waals surface area contributed by atoms with Gasteiger partial charge in [-0.15, -0.1) is 5.11 Å². The molecule has 2 rings (SSSR count). The molecule has 0 radical (unpaired) electrons. The lowest BCUT2D eigenvalue weighted by Gasteiger charge is -2.12. The van der Waals surface area contributed by atoms with Crippen LogP contribution in [0.2, 0.25) is 0 Å². The highest BCUT2D eigenvalue weighted by Gasteiger charge is 2.18. The highest BCUT2D eigenvalue weighted by molar-refractivity contribution is 5.44. The molecule has 0 saturated carbocycles. The van der Waals surface area contributed by atoms with E-state index in [-0.39, 0.29) is 17.7 Å². The van der Waals surface area contributed by atoms with Gasteiger partial charge in [-0.3, -0.25) is 13.9 Å². The molecule has 0 atom stereocenters. The fourth-order valence-corrected chi connectivity index (χ4v) is 1.84. The predicted molar refractivity (Wildman–Crippen MR) is 78.1 cm³/mol. The Labute approximate surface area is 125 Å². The van der Waals surface area contributed by atoms with Crippen molar-refractivity contribution in [1.29, 1.82) is 0 Å². The smallest absolute Gasteiger partial charge is 0.341 e. The molecule has 9 heteroatoms. The molecule has 0 saturated heterocycles. The lowest BCUT2D eigenvalue weighted by molar-refractivity contribution is 0.402. The molecule has 0 aliphatic carbocycles. The Morgan fingerprint density at radius 1 is 1.23 bits per heavy atom. The van der Waals surface area contributed by atoms with Gasteiger partial charge < -0.3 is 9.52 Å². The quantitative estimate of drug-likeness (QED) is 0.869. The van der Waals surface area contributed by atoms with Gasteiger partial charge in [0.2, 0.25) is 11.6 Å². The third-order valence-electron chi connectivity index (χ3n) is 3.21. The molecule has 2 heterocycles. The number of aryl methyl sites for hydroxylation is 2. The molecule has 118 valence electrons. The Bertz CT molecular complexity index is 837. The zero-order chi connectivity index (χ0) is 16.6. The van der Waals surface area contributed by atoms with Crippen LogP contribution in [0.3, 0.4) is 0 Å². The monoisotopic (exact) mass is 307 g/mol. The molecular formula is C13H17N5O4. The van der Waals surface area contributed by atoms with Gasteiger partial charge >= 0.3 is 11.7 Å². The van der Waals surface area contributed by atoms with Crippen LogP contribution in [0.1, 0.15) is 31.3 Å². The van der Waals surface area contributed by atoms with Crippen LogP contribution < -0.4 is 11.2 Å². The van der Waals surface area contributed by atoms with Crippen molar-refractivity contribution in [3.05, 3.63) is 32.3 Å². The highest BCUT2D eigenvalue weighted by Crippen LogP contribution is 2.23. The van der Waals surface area contributed by atoms with E-state index in [9.17, 15) is 14.7 Å². The molecule has 2 aromatic rings. The molecule has 9 nitrogen and oxygen atoms in total. The molecule has 1 N–H and O–H groups in total. The maximum Gasteiger partial charge on any atom is 0.341 e. The largest absolute Gasteiger partial charge is 0.493 e. The van der Waals surface area contributed by atoms with Crippen LogP contribution in [-0.2, 0) is 7.05 Å². The Morgan fingerprint density at radius 3 is 2.36 bits per heavy atom. The molecule has 0 fully saturated rings. The van der Waals surface area contributed by atoms with Gasteiger partial charge in [-0.2, -0.15) is 4.98 Å². The molecule has 2 aromatic heterocycles. The molecule has 0 spiro atoms. The van der Waals surface area contributed by atoms with Gasteiger partial charge in [-0.1, -0.05) is 5.11 Å². The van der Waals surface area contributed by atoms with Crippen LogP contribution in [0, 0.1) is 13.8 Å². The first-order chi connectivity index (χ1) is 10.2. The number of aromatic hydroxyl groups is 1. The Balaban J connectivity index is 2.61. The highest BCUT2D eigenvalue weighted by atomic mass is 16.4. The van der Waals surface area contributed by atoms with Crippen LogP contribution in [-0.4, -0.2) is 19.2 Å². The Morgan fingerprint density at radius 2 is 1.86 bits per heavy atom. The summed E-state index contributed by atoms with van der Waals surface area (Å²) in [6.45, 7) is 6.83. The molecule has 0 aliphatic rings. The summed E-state index contributed by atoms with van der Waals surface area (Å²) in [6, 6.07) is -0.411. The molecular weight excluding hydrogens is 290 g/mol. The number of rotatable bonds is 3. The van der Waals surface area contributed by atoms with E-state index in [0.717, 1.165) is 9.13 Å². The fraction of sp³-hybridized carbons (Fsp3) is 0.462. The fourth-order valence-electron chi connectivity index (χ4n) is 1.84. The van der Waals surface area contributed by atoms with Crippen molar-refractivity contribution in [2.75, 3.05) is 0 Å². The summed E-state index contributed by atoms with van der Waals surface area (Å²) in [6.07, 6.45) is 0. The zero-order valence-electron chi connectivity index (χ0n) is 13.0. The minimum atomic E-state index is -0.723. The lowest BCUT2D eigenvalue weighted by atomic mass is 10.3. The normalized spacial score (nSPS) is 11.7. The zero-order valence-corrected chi connectivity index (χ0v) is 13.0. The number of hydrogen-bond donors (Lipinski definition) is 1. The summed E-state index contributed by atoms with van der Waals surface area (Å²) < 4.78 is 7.14. The molecule has 0 amide bonds. The van der Waals surface area contributed by atoms with E-state index in [4.69, 9.17) is 4.42 Å². The van der Waals surface area contributed by atoms with Gasteiger partial charge in [-0.25, -0.2) is 4.79 Å². The topological polar surface area (TPSA) is 115 Å². The minimum absolute atomic E-state index is 0.0289. The first-order valence-electron chi connectivity index (χ1n) is 6.64.